The Morgan fingerprint density at radius 2 is 2.00 bits per heavy atom. The molecule has 0 aromatic carbocycles. The maximum absolute atomic E-state index is 3.42. The van der Waals surface area contributed by atoms with Crippen LogP contribution in [-0.4, -0.2) is 42.8 Å². The monoisotopic (exact) mass is 215 g/mol. The molecule has 0 bridgehead atoms. The minimum atomic E-state index is -0.577. The van der Waals surface area contributed by atoms with Crippen molar-refractivity contribution in [2.45, 2.75) is 0 Å². The first-order chi connectivity index (χ1) is 3.66. The van der Waals surface area contributed by atoms with Gasteiger partial charge in [0, 0.05) is 0 Å². The molecule has 0 radical (unpaired) electrons. The maximum atomic E-state index is 3.42. The van der Waals surface area contributed by atoms with Gasteiger partial charge in [-0.1, -0.05) is 0 Å². The third-order valence-electron chi connectivity index (χ3n) is 0.723. The zero-order valence-corrected chi connectivity index (χ0v) is 10.3. The second-order valence-electron chi connectivity index (χ2n) is 1.65. The van der Waals surface area contributed by atoms with Gasteiger partial charge in [-0.05, 0) is 0 Å². The summed E-state index contributed by atoms with van der Waals surface area (Å²) >= 11 is 4.64. The summed E-state index contributed by atoms with van der Waals surface area (Å²) in [6, 6.07) is 0. The molecule has 0 spiro atoms. The molecule has 0 heterocycles. The average molecular weight is 214 g/mol. The molecule has 0 aromatic rings. The number of nitrogens with zero attached hydrogens (tertiary/aromatic N) is 2. The van der Waals surface area contributed by atoms with Crippen LogP contribution < -0.4 is 0 Å². The Morgan fingerprint density at radius 3 is 2.12 bits per heavy atom. The summed E-state index contributed by atoms with van der Waals surface area (Å²) in [4.78, 5) is 0. The van der Waals surface area contributed by atoms with Crippen LogP contribution in [-0.2, 0) is 12.8 Å². The molecule has 0 unspecified atom stereocenters. The molecule has 50 valence electrons. The Morgan fingerprint density at radius 1 is 1.50 bits per heavy atom. The number of hydrogen-bond donors (Lipinski definition) is 0. The van der Waals surface area contributed by atoms with Gasteiger partial charge in [-0.15, -0.1) is 0 Å². The zero-order valence-electron chi connectivity index (χ0n) is 5.51. The number of rotatable bonds is 3. The molecule has 0 N–H and O–H groups in total. The van der Waals surface area contributed by atoms with Gasteiger partial charge < -0.3 is 0 Å². The standard InChI is InChI=1S/C3H12GeN2S2/c1-5(7)4-6(2)8-3/h7H,4H2,1-3H3/p+1. The van der Waals surface area contributed by atoms with Crippen molar-refractivity contribution in [1.29, 1.82) is 0 Å². The summed E-state index contributed by atoms with van der Waals surface area (Å²) in [5.41, 5.74) is 0. The summed E-state index contributed by atoms with van der Waals surface area (Å²) in [7, 11) is 4.19. The van der Waals surface area contributed by atoms with Gasteiger partial charge in [-0.3, -0.25) is 0 Å². The summed E-state index contributed by atoms with van der Waals surface area (Å²) < 4.78 is 4.43. The normalized spacial score (nSPS) is 12.8. The fraction of sp³-hybridized carbons (Fsp3) is 1.00. The van der Waals surface area contributed by atoms with Gasteiger partial charge in [-0.2, -0.15) is 0 Å². The van der Waals surface area contributed by atoms with Crippen LogP contribution in [0.25, 0.3) is 0 Å². The zero-order chi connectivity index (χ0) is 6.57. The Hall–Kier alpha value is 1.16. The van der Waals surface area contributed by atoms with Crippen LogP contribution in [0.1, 0.15) is 0 Å². The summed E-state index contributed by atoms with van der Waals surface area (Å²) in [5, 5.41) is 0. The molecular formula is C3H13GeN2S2+. The average Bonchev–Trinajstić information content (AvgIpc) is 1.65. The molecule has 0 aromatic heterocycles. The second kappa shape index (κ2) is 4.99. The van der Waals surface area contributed by atoms with Crippen molar-refractivity contribution in [3.05, 3.63) is 0 Å². The first-order valence-electron chi connectivity index (χ1n) is 2.34. The molecule has 5 heteroatoms. The van der Waals surface area contributed by atoms with E-state index in [4.69, 9.17) is 0 Å². The van der Waals surface area contributed by atoms with E-state index in [9.17, 15) is 0 Å². The first-order valence-corrected chi connectivity index (χ1v) is 6.62. The van der Waals surface area contributed by atoms with Crippen molar-refractivity contribution >= 4 is 40.6 Å². The molecule has 0 aliphatic carbocycles. The molecule has 0 atom stereocenters. The van der Waals surface area contributed by atoms with E-state index >= 15 is 0 Å². The summed E-state index contributed by atoms with van der Waals surface area (Å²) in [6.45, 7) is 0. The number of hydrogen-bond acceptors (Lipinski definition) is 3. The van der Waals surface area contributed by atoms with Gasteiger partial charge in [-0.25, -0.2) is 0 Å². The SMILES string of the molecule is CS[N](C)[GeH2][N](C)[SH2+]. The topological polar surface area (TPSA) is 6.48 Å². The van der Waals surface area contributed by atoms with Gasteiger partial charge in [0.2, 0.25) is 0 Å². The van der Waals surface area contributed by atoms with Gasteiger partial charge in [0.1, 0.15) is 0 Å². The third kappa shape index (κ3) is 5.30. The van der Waals surface area contributed by atoms with Gasteiger partial charge in [0.15, 0.2) is 0 Å². The molecule has 0 saturated heterocycles. The van der Waals surface area contributed by atoms with Crippen LogP contribution in [0.4, 0.5) is 0 Å². The van der Waals surface area contributed by atoms with Crippen molar-refractivity contribution in [1.82, 2.24) is 6.52 Å². The fourth-order valence-electron chi connectivity index (χ4n) is 0.356. The van der Waals surface area contributed by atoms with E-state index < -0.39 is 15.9 Å². The molecule has 2 nitrogen and oxygen atoms in total. The molecule has 0 aliphatic rings. The molecule has 0 saturated carbocycles. The van der Waals surface area contributed by atoms with Crippen LogP contribution in [0.15, 0.2) is 0 Å². The van der Waals surface area contributed by atoms with E-state index in [-0.39, 0.29) is 0 Å². The van der Waals surface area contributed by atoms with E-state index in [0.717, 1.165) is 0 Å². The van der Waals surface area contributed by atoms with Crippen molar-refractivity contribution in [2.24, 2.45) is 0 Å². The van der Waals surface area contributed by atoms with E-state index in [1.807, 2.05) is 0 Å². The van der Waals surface area contributed by atoms with E-state index in [1.165, 1.54) is 0 Å². The third-order valence-corrected chi connectivity index (χ3v) is 6.03. The van der Waals surface area contributed by atoms with Crippen LogP contribution >= 0.6 is 11.9 Å². The van der Waals surface area contributed by atoms with E-state index in [0.29, 0.717) is 0 Å². The Bertz CT molecular complexity index is 61.2. The predicted molar refractivity (Wildman–Crippen MR) is 47.7 cm³/mol. The van der Waals surface area contributed by atoms with Crippen LogP contribution in [0, 0.1) is 0 Å². The summed E-state index contributed by atoms with van der Waals surface area (Å²) in [5.74, 6) is 0. The van der Waals surface area contributed by atoms with E-state index in [2.05, 4.69) is 39.7 Å². The molecule has 0 rings (SSSR count). The predicted octanol–water partition coefficient (Wildman–Crippen LogP) is -0.947. The van der Waals surface area contributed by atoms with Crippen molar-refractivity contribution in [2.75, 3.05) is 20.4 Å². The first kappa shape index (κ1) is 9.16. The molecule has 0 fully saturated rings. The molecule has 8 heavy (non-hydrogen) atoms. The van der Waals surface area contributed by atoms with Crippen molar-refractivity contribution < 1.29 is 0 Å². The van der Waals surface area contributed by atoms with Crippen LogP contribution in [0.5, 0.6) is 0 Å². The van der Waals surface area contributed by atoms with E-state index in [1.54, 1.807) is 11.9 Å². The Kier molecular flexibility index (Phi) is 5.71. The minimum absolute atomic E-state index is 0.577. The van der Waals surface area contributed by atoms with Gasteiger partial charge >= 0.3 is 67.5 Å². The van der Waals surface area contributed by atoms with Crippen molar-refractivity contribution in [3.63, 3.8) is 0 Å². The van der Waals surface area contributed by atoms with Crippen LogP contribution in [0.2, 0.25) is 0 Å². The quantitative estimate of drug-likeness (QED) is 0.340. The summed E-state index contributed by atoms with van der Waals surface area (Å²) in [6.07, 6.45) is 2.10. The van der Waals surface area contributed by atoms with Crippen molar-refractivity contribution in [3.8, 4) is 0 Å². The second-order valence-corrected chi connectivity index (χ2v) is 10.3. The van der Waals surface area contributed by atoms with Gasteiger partial charge in [0.05, 0.1) is 0 Å². The Balaban J connectivity index is 3.10. The molecular weight excluding hydrogens is 201 g/mol. The van der Waals surface area contributed by atoms with Gasteiger partial charge in [0.25, 0.3) is 0 Å². The Labute approximate surface area is 67.6 Å². The molecule has 0 aliphatic heterocycles. The fourth-order valence-corrected chi connectivity index (χ4v) is 4.99. The molecule has 0 amide bonds. The van der Waals surface area contributed by atoms with Crippen LogP contribution in [0.3, 0.4) is 0 Å².